The Kier molecular flexibility index (Phi) is 4.57. The van der Waals surface area contributed by atoms with Gasteiger partial charge in [0.15, 0.2) is 0 Å². The van der Waals surface area contributed by atoms with Gasteiger partial charge in [-0.3, -0.25) is 14.3 Å². The average molecular weight is 371 g/mol. The summed E-state index contributed by atoms with van der Waals surface area (Å²) in [5, 5.41) is 0.544. The molecular formula is C22H17N3OS. The van der Waals surface area contributed by atoms with Crippen LogP contribution < -0.4 is 5.56 Å². The van der Waals surface area contributed by atoms with E-state index in [1.165, 1.54) is 11.3 Å². The molecule has 0 N–H and O–H groups in total. The van der Waals surface area contributed by atoms with Crippen LogP contribution >= 0.6 is 11.3 Å². The molecule has 0 bridgehead atoms. The molecular weight excluding hydrogens is 354 g/mol. The van der Waals surface area contributed by atoms with Crippen molar-refractivity contribution >= 4 is 22.2 Å². The van der Waals surface area contributed by atoms with Crippen LogP contribution in [-0.2, 0) is 0 Å². The highest BCUT2D eigenvalue weighted by Gasteiger charge is 2.16. The summed E-state index contributed by atoms with van der Waals surface area (Å²) >= 11 is 1.47. The zero-order chi connectivity index (χ0) is 18.8. The van der Waals surface area contributed by atoms with Crippen molar-refractivity contribution in [3.05, 3.63) is 86.9 Å². The van der Waals surface area contributed by atoms with E-state index in [2.05, 4.69) is 16.8 Å². The second-order valence-electron chi connectivity index (χ2n) is 6.42. The van der Waals surface area contributed by atoms with E-state index < -0.39 is 0 Å². The lowest BCUT2D eigenvalue weighted by Crippen LogP contribution is -2.25. The lowest BCUT2D eigenvalue weighted by molar-refractivity contribution is 0.723. The van der Waals surface area contributed by atoms with Gasteiger partial charge in [-0.2, -0.15) is 0 Å². The van der Waals surface area contributed by atoms with E-state index in [4.69, 9.17) is 4.98 Å². The molecule has 0 aliphatic rings. The van der Waals surface area contributed by atoms with E-state index in [0.29, 0.717) is 16.5 Å². The van der Waals surface area contributed by atoms with Crippen molar-refractivity contribution in [3.8, 4) is 17.5 Å². The molecule has 0 unspecified atom stereocenters. The molecule has 0 amide bonds. The van der Waals surface area contributed by atoms with Crippen LogP contribution in [0.1, 0.15) is 36.0 Å². The van der Waals surface area contributed by atoms with Gasteiger partial charge in [0.1, 0.15) is 5.82 Å². The van der Waals surface area contributed by atoms with E-state index in [1.807, 2.05) is 62.4 Å². The Balaban J connectivity index is 2.03. The van der Waals surface area contributed by atoms with E-state index in [9.17, 15) is 4.79 Å². The second kappa shape index (κ2) is 7.18. The van der Waals surface area contributed by atoms with E-state index in [-0.39, 0.29) is 11.5 Å². The highest BCUT2D eigenvalue weighted by atomic mass is 32.1. The number of hydrogen-bond donors (Lipinski definition) is 0. The van der Waals surface area contributed by atoms with Gasteiger partial charge in [0.25, 0.3) is 5.56 Å². The van der Waals surface area contributed by atoms with Crippen LogP contribution in [0, 0.1) is 11.8 Å². The molecule has 4 rings (SSSR count). The third-order valence-electron chi connectivity index (χ3n) is 4.21. The summed E-state index contributed by atoms with van der Waals surface area (Å²) in [6.45, 7) is 4.08. The molecule has 132 valence electrons. The van der Waals surface area contributed by atoms with Crippen molar-refractivity contribution in [3.63, 3.8) is 0 Å². The summed E-state index contributed by atoms with van der Waals surface area (Å²) in [5.41, 5.74) is 3.81. The zero-order valence-corrected chi connectivity index (χ0v) is 15.8. The molecule has 0 radical (unpaired) electrons. The molecule has 2 aromatic heterocycles. The van der Waals surface area contributed by atoms with Gasteiger partial charge < -0.3 is 0 Å². The van der Waals surface area contributed by atoms with Crippen LogP contribution in [-0.4, -0.2) is 14.5 Å². The van der Waals surface area contributed by atoms with E-state index >= 15 is 0 Å². The number of para-hydroxylation sites is 1. The lowest BCUT2D eigenvalue weighted by Gasteiger charge is -2.16. The zero-order valence-electron chi connectivity index (χ0n) is 15.0. The molecule has 2 heterocycles. The minimum Gasteiger partial charge on any atom is -0.268 e. The Morgan fingerprint density at radius 3 is 2.56 bits per heavy atom. The third-order valence-corrected chi connectivity index (χ3v) is 4.90. The Morgan fingerprint density at radius 1 is 1.04 bits per heavy atom. The van der Waals surface area contributed by atoms with Crippen LogP contribution in [0.4, 0.5) is 0 Å². The van der Waals surface area contributed by atoms with Crippen LogP contribution in [0.15, 0.2) is 65.0 Å². The highest BCUT2D eigenvalue weighted by Crippen LogP contribution is 2.20. The fraction of sp³-hybridized carbons (Fsp3) is 0.136. The molecule has 0 fully saturated rings. The molecule has 0 aliphatic heterocycles. The van der Waals surface area contributed by atoms with Crippen LogP contribution in [0.2, 0.25) is 0 Å². The molecule has 0 aliphatic carbocycles. The molecule has 27 heavy (non-hydrogen) atoms. The van der Waals surface area contributed by atoms with Crippen LogP contribution in [0.3, 0.4) is 0 Å². The molecule has 2 aromatic carbocycles. The Hall–Kier alpha value is -3.23. The van der Waals surface area contributed by atoms with Gasteiger partial charge in [0.05, 0.1) is 33.2 Å². The first-order chi connectivity index (χ1) is 13.1. The van der Waals surface area contributed by atoms with Gasteiger partial charge in [0, 0.05) is 11.5 Å². The maximum atomic E-state index is 13.5. The minimum absolute atomic E-state index is 0.0934. The standard InChI is InChI=1S/C22H17N3OS/c1-15(2)21-24-19-10-6-7-16(11-12-18-13-23-14-27-18)20(19)22(26)25(21)17-8-4-3-5-9-17/h3-10,13-15H,1-2H3. The van der Waals surface area contributed by atoms with Gasteiger partial charge in [-0.05, 0) is 30.2 Å². The first kappa shape index (κ1) is 17.2. The third kappa shape index (κ3) is 3.27. The lowest BCUT2D eigenvalue weighted by atomic mass is 10.1. The van der Waals surface area contributed by atoms with E-state index in [0.717, 1.165) is 16.4 Å². The minimum atomic E-state index is -0.0934. The summed E-state index contributed by atoms with van der Waals surface area (Å²) < 4.78 is 1.70. The van der Waals surface area contributed by atoms with Crippen molar-refractivity contribution in [1.29, 1.82) is 0 Å². The van der Waals surface area contributed by atoms with Gasteiger partial charge in [-0.15, -0.1) is 11.3 Å². The normalized spacial score (nSPS) is 10.8. The Bertz CT molecular complexity index is 1210. The first-order valence-electron chi connectivity index (χ1n) is 8.67. The predicted octanol–water partition coefficient (Wildman–Crippen LogP) is 4.37. The van der Waals surface area contributed by atoms with Gasteiger partial charge in [0.2, 0.25) is 0 Å². The largest absolute Gasteiger partial charge is 0.268 e. The van der Waals surface area contributed by atoms with Crippen molar-refractivity contribution in [1.82, 2.24) is 14.5 Å². The summed E-state index contributed by atoms with van der Waals surface area (Å²) in [4.78, 5) is 23.2. The second-order valence-corrected chi connectivity index (χ2v) is 7.30. The monoisotopic (exact) mass is 371 g/mol. The van der Waals surface area contributed by atoms with Crippen molar-refractivity contribution in [2.24, 2.45) is 0 Å². The van der Waals surface area contributed by atoms with Crippen molar-refractivity contribution < 1.29 is 0 Å². The topological polar surface area (TPSA) is 47.8 Å². The SMILES string of the molecule is CC(C)c1nc2cccc(C#Cc3cncs3)c2c(=O)n1-c1ccccc1. The summed E-state index contributed by atoms with van der Waals surface area (Å²) in [7, 11) is 0. The summed E-state index contributed by atoms with van der Waals surface area (Å²) in [6.07, 6.45) is 1.72. The smallest absolute Gasteiger partial charge is 0.267 e. The van der Waals surface area contributed by atoms with Gasteiger partial charge in [-0.1, -0.05) is 44.0 Å². The number of thiazole rings is 1. The van der Waals surface area contributed by atoms with Crippen LogP contribution in [0.25, 0.3) is 16.6 Å². The highest BCUT2D eigenvalue weighted by molar-refractivity contribution is 7.10. The van der Waals surface area contributed by atoms with Crippen molar-refractivity contribution in [2.45, 2.75) is 19.8 Å². The summed E-state index contributed by atoms with van der Waals surface area (Å²) in [6, 6.07) is 15.3. The molecule has 0 spiro atoms. The molecule has 5 heteroatoms. The Morgan fingerprint density at radius 2 is 1.85 bits per heavy atom. The number of fused-ring (bicyclic) bond motifs is 1. The van der Waals surface area contributed by atoms with Crippen molar-refractivity contribution in [2.75, 3.05) is 0 Å². The van der Waals surface area contributed by atoms with Crippen LogP contribution in [0.5, 0.6) is 0 Å². The predicted molar refractivity (Wildman–Crippen MR) is 110 cm³/mol. The molecule has 0 atom stereocenters. The number of rotatable bonds is 2. The molecule has 4 aromatic rings. The quantitative estimate of drug-likeness (QED) is 0.492. The molecule has 0 saturated heterocycles. The fourth-order valence-corrected chi connectivity index (χ4v) is 3.44. The molecule has 4 nitrogen and oxygen atoms in total. The van der Waals surface area contributed by atoms with Gasteiger partial charge >= 0.3 is 0 Å². The first-order valence-corrected chi connectivity index (χ1v) is 9.54. The summed E-state index contributed by atoms with van der Waals surface area (Å²) in [5.74, 6) is 7.06. The van der Waals surface area contributed by atoms with Gasteiger partial charge in [-0.25, -0.2) is 4.98 Å². The number of nitrogens with zero attached hydrogens (tertiary/aromatic N) is 3. The number of benzene rings is 2. The number of aromatic nitrogens is 3. The number of hydrogen-bond acceptors (Lipinski definition) is 4. The maximum Gasteiger partial charge on any atom is 0.267 e. The Labute approximate surface area is 161 Å². The molecule has 0 saturated carbocycles. The average Bonchev–Trinajstić information content (AvgIpc) is 3.20. The van der Waals surface area contributed by atoms with E-state index in [1.54, 1.807) is 16.3 Å². The fourth-order valence-electron chi connectivity index (χ4n) is 2.97. The maximum absolute atomic E-state index is 13.5.